The van der Waals surface area contributed by atoms with Crippen LogP contribution in [0.25, 0.3) is 0 Å². The van der Waals surface area contributed by atoms with Crippen molar-refractivity contribution in [3.8, 4) is 11.5 Å². The minimum absolute atomic E-state index is 0.00105. The Morgan fingerprint density at radius 2 is 1.81 bits per heavy atom. The van der Waals surface area contributed by atoms with Crippen LogP contribution >= 0.6 is 0 Å². The number of methoxy groups -OCH3 is 2. The molecule has 1 aromatic rings. The Morgan fingerprint density at radius 3 is 2.46 bits per heavy atom. The molecule has 150 valence electrons. The van der Waals surface area contributed by atoms with Crippen molar-refractivity contribution in [2.24, 2.45) is 11.1 Å². The molecule has 0 aliphatic heterocycles. The number of hydrogen-bond donors (Lipinski definition) is 1. The number of ether oxygens (including phenoxy) is 4. The summed E-state index contributed by atoms with van der Waals surface area (Å²) in [5, 5.41) is 0. The van der Waals surface area contributed by atoms with E-state index in [1.807, 2.05) is 12.1 Å². The molecule has 0 amide bonds. The van der Waals surface area contributed by atoms with Crippen LogP contribution in [0.1, 0.15) is 45.6 Å². The summed E-state index contributed by atoms with van der Waals surface area (Å²) in [5.74, 6) is 1.49. The molecule has 0 heterocycles. The summed E-state index contributed by atoms with van der Waals surface area (Å²) in [6.45, 7) is 9.23. The fourth-order valence-electron chi connectivity index (χ4n) is 2.57. The van der Waals surface area contributed by atoms with Crippen LogP contribution in [-0.4, -0.2) is 46.7 Å². The van der Waals surface area contributed by atoms with Crippen molar-refractivity contribution in [1.29, 1.82) is 0 Å². The Morgan fingerprint density at radius 1 is 1.04 bits per heavy atom. The number of benzene rings is 1. The maximum atomic E-state index is 6.49. The van der Waals surface area contributed by atoms with E-state index in [1.165, 1.54) is 0 Å². The standard InChI is InChI=1S/C21H37NO4/c1-6-7-12-25-16-21(2,3)20(22)15-17-9-10-18(24-5)19(14-17)26-13-8-11-23-4/h9-10,14,20H,6-8,11-13,15-16,22H2,1-5H3. The molecule has 0 aliphatic rings. The van der Waals surface area contributed by atoms with Crippen LogP contribution in [0.3, 0.4) is 0 Å². The molecule has 0 saturated heterocycles. The SMILES string of the molecule is CCCCOCC(C)(C)C(N)Cc1ccc(OC)c(OCCCOC)c1. The van der Waals surface area contributed by atoms with Crippen molar-refractivity contribution in [3.63, 3.8) is 0 Å². The molecule has 0 aromatic heterocycles. The molecule has 0 fully saturated rings. The highest BCUT2D eigenvalue weighted by atomic mass is 16.5. The second-order valence-electron chi connectivity index (χ2n) is 7.39. The number of unbranched alkanes of at least 4 members (excludes halogenated alkanes) is 1. The van der Waals surface area contributed by atoms with Crippen molar-refractivity contribution in [2.75, 3.05) is 40.6 Å². The van der Waals surface area contributed by atoms with Crippen molar-refractivity contribution in [3.05, 3.63) is 23.8 Å². The Kier molecular flexibility index (Phi) is 10.6. The molecule has 1 aromatic carbocycles. The minimum atomic E-state index is -0.0901. The van der Waals surface area contributed by atoms with Crippen LogP contribution in [0.4, 0.5) is 0 Å². The summed E-state index contributed by atoms with van der Waals surface area (Å²) in [6, 6.07) is 6.02. The van der Waals surface area contributed by atoms with Crippen molar-refractivity contribution in [1.82, 2.24) is 0 Å². The Hall–Kier alpha value is -1.30. The van der Waals surface area contributed by atoms with E-state index in [9.17, 15) is 0 Å². The molecule has 0 saturated carbocycles. The van der Waals surface area contributed by atoms with Gasteiger partial charge in [0.05, 0.1) is 20.3 Å². The molecule has 1 rings (SSSR count). The van der Waals surface area contributed by atoms with Gasteiger partial charge in [0.1, 0.15) is 0 Å². The molecule has 0 radical (unpaired) electrons. The van der Waals surface area contributed by atoms with E-state index in [0.717, 1.165) is 49.4 Å². The smallest absolute Gasteiger partial charge is 0.161 e. The lowest BCUT2D eigenvalue weighted by atomic mass is 9.82. The first kappa shape index (κ1) is 22.7. The average molecular weight is 368 g/mol. The third-order valence-electron chi connectivity index (χ3n) is 4.55. The summed E-state index contributed by atoms with van der Waals surface area (Å²) in [6.07, 6.45) is 3.84. The molecule has 5 nitrogen and oxygen atoms in total. The van der Waals surface area contributed by atoms with Gasteiger partial charge in [-0.25, -0.2) is 0 Å². The molecule has 0 spiro atoms. The van der Waals surface area contributed by atoms with Gasteiger partial charge >= 0.3 is 0 Å². The van der Waals surface area contributed by atoms with E-state index < -0.39 is 0 Å². The lowest BCUT2D eigenvalue weighted by Crippen LogP contribution is -2.42. The lowest BCUT2D eigenvalue weighted by molar-refractivity contribution is 0.0469. The maximum absolute atomic E-state index is 6.49. The second-order valence-corrected chi connectivity index (χ2v) is 7.39. The van der Waals surface area contributed by atoms with E-state index >= 15 is 0 Å². The molecule has 0 aliphatic carbocycles. The predicted molar refractivity (Wildman–Crippen MR) is 106 cm³/mol. The quantitative estimate of drug-likeness (QED) is 0.506. The average Bonchev–Trinajstić information content (AvgIpc) is 2.62. The molecular weight excluding hydrogens is 330 g/mol. The predicted octanol–water partition coefficient (Wildman–Crippen LogP) is 3.82. The fraction of sp³-hybridized carbons (Fsp3) is 0.714. The van der Waals surface area contributed by atoms with Gasteiger partial charge in [-0.05, 0) is 30.5 Å². The summed E-state index contributed by atoms with van der Waals surface area (Å²) in [5.41, 5.74) is 7.54. The zero-order valence-corrected chi connectivity index (χ0v) is 17.2. The monoisotopic (exact) mass is 367 g/mol. The van der Waals surface area contributed by atoms with Gasteiger partial charge in [-0.15, -0.1) is 0 Å². The molecule has 1 atom stereocenters. The van der Waals surface area contributed by atoms with Crippen molar-refractivity contribution in [2.45, 2.75) is 52.5 Å². The zero-order chi connectivity index (χ0) is 19.4. The molecule has 5 heteroatoms. The topological polar surface area (TPSA) is 62.9 Å². The molecular formula is C21H37NO4. The van der Waals surface area contributed by atoms with Crippen LogP contribution in [-0.2, 0) is 15.9 Å². The van der Waals surface area contributed by atoms with E-state index in [4.69, 9.17) is 24.7 Å². The van der Waals surface area contributed by atoms with Crippen molar-refractivity contribution < 1.29 is 18.9 Å². The zero-order valence-electron chi connectivity index (χ0n) is 17.2. The van der Waals surface area contributed by atoms with Gasteiger partial charge in [-0.1, -0.05) is 33.3 Å². The maximum Gasteiger partial charge on any atom is 0.161 e. The Labute approximate surface area is 159 Å². The summed E-state index contributed by atoms with van der Waals surface area (Å²) in [7, 11) is 3.34. The van der Waals surface area contributed by atoms with Gasteiger partial charge in [0.15, 0.2) is 11.5 Å². The van der Waals surface area contributed by atoms with E-state index in [1.54, 1.807) is 14.2 Å². The summed E-state index contributed by atoms with van der Waals surface area (Å²) in [4.78, 5) is 0. The highest BCUT2D eigenvalue weighted by Crippen LogP contribution is 2.30. The molecule has 26 heavy (non-hydrogen) atoms. The van der Waals surface area contributed by atoms with Gasteiger partial charge in [0.25, 0.3) is 0 Å². The van der Waals surface area contributed by atoms with Crippen LogP contribution in [0, 0.1) is 5.41 Å². The second kappa shape index (κ2) is 12.2. The van der Waals surface area contributed by atoms with Crippen LogP contribution in [0.15, 0.2) is 18.2 Å². The fourth-order valence-corrected chi connectivity index (χ4v) is 2.57. The van der Waals surface area contributed by atoms with Crippen LogP contribution in [0.2, 0.25) is 0 Å². The first-order valence-corrected chi connectivity index (χ1v) is 9.56. The van der Waals surface area contributed by atoms with Crippen LogP contribution in [0.5, 0.6) is 11.5 Å². The number of hydrogen-bond acceptors (Lipinski definition) is 5. The van der Waals surface area contributed by atoms with Crippen molar-refractivity contribution >= 4 is 0 Å². The highest BCUT2D eigenvalue weighted by molar-refractivity contribution is 5.43. The first-order valence-electron chi connectivity index (χ1n) is 9.56. The van der Waals surface area contributed by atoms with Gasteiger partial charge in [-0.2, -0.15) is 0 Å². The van der Waals surface area contributed by atoms with E-state index in [0.29, 0.717) is 19.8 Å². The van der Waals surface area contributed by atoms with Crippen LogP contribution < -0.4 is 15.2 Å². The van der Waals surface area contributed by atoms with E-state index in [-0.39, 0.29) is 11.5 Å². The normalized spacial score (nSPS) is 12.8. The lowest BCUT2D eigenvalue weighted by Gasteiger charge is -2.31. The highest BCUT2D eigenvalue weighted by Gasteiger charge is 2.27. The number of rotatable bonds is 14. The largest absolute Gasteiger partial charge is 0.493 e. The number of nitrogens with two attached hydrogens (primary N) is 1. The van der Waals surface area contributed by atoms with E-state index in [2.05, 4.69) is 26.8 Å². The molecule has 2 N–H and O–H groups in total. The summed E-state index contributed by atoms with van der Waals surface area (Å²) >= 11 is 0. The third kappa shape index (κ3) is 7.94. The minimum Gasteiger partial charge on any atom is -0.493 e. The first-order chi connectivity index (χ1) is 12.4. The molecule has 0 bridgehead atoms. The van der Waals surface area contributed by atoms with Gasteiger partial charge in [0.2, 0.25) is 0 Å². The Bertz CT molecular complexity index is 505. The summed E-state index contributed by atoms with van der Waals surface area (Å²) < 4.78 is 22.1. The third-order valence-corrected chi connectivity index (χ3v) is 4.55. The molecule has 1 unspecified atom stereocenters. The van der Waals surface area contributed by atoms with Gasteiger partial charge < -0.3 is 24.7 Å². The van der Waals surface area contributed by atoms with Gasteiger partial charge in [-0.3, -0.25) is 0 Å². The van der Waals surface area contributed by atoms with Gasteiger partial charge in [0, 0.05) is 38.2 Å². The Balaban J connectivity index is 2.66.